The van der Waals surface area contributed by atoms with Gasteiger partial charge in [0.25, 0.3) is 0 Å². The summed E-state index contributed by atoms with van der Waals surface area (Å²) >= 11 is 0. The molecule has 0 aliphatic heterocycles. The summed E-state index contributed by atoms with van der Waals surface area (Å²) in [7, 11) is 0. The Balaban J connectivity index is 2.21. The van der Waals surface area contributed by atoms with Gasteiger partial charge in [-0.1, -0.05) is 6.92 Å². The van der Waals surface area contributed by atoms with Crippen molar-refractivity contribution in [1.82, 2.24) is 10.6 Å². The third kappa shape index (κ3) is 2.81. The molecule has 1 aliphatic carbocycles. The Morgan fingerprint density at radius 3 is 2.67 bits per heavy atom. The monoisotopic (exact) mass is 170 g/mol. The van der Waals surface area contributed by atoms with Gasteiger partial charge in [-0.25, -0.2) is 0 Å². The first-order chi connectivity index (χ1) is 5.72. The van der Waals surface area contributed by atoms with Crippen LogP contribution < -0.4 is 10.6 Å². The molecule has 1 rings (SSSR count). The van der Waals surface area contributed by atoms with Crippen LogP contribution in [-0.4, -0.2) is 24.5 Å². The predicted octanol–water partition coefficient (Wildman–Crippen LogP) is 0.653. The van der Waals surface area contributed by atoms with E-state index in [0.29, 0.717) is 12.1 Å². The highest BCUT2D eigenvalue weighted by Gasteiger charge is 2.23. The maximum absolute atomic E-state index is 10.7. The normalized spacial score (nSPS) is 28.8. The fourth-order valence-corrected chi connectivity index (χ4v) is 1.87. The van der Waals surface area contributed by atoms with Crippen LogP contribution in [0.25, 0.3) is 0 Å². The van der Waals surface area contributed by atoms with Crippen molar-refractivity contribution in [3.63, 3.8) is 0 Å². The van der Waals surface area contributed by atoms with Gasteiger partial charge in [-0.05, 0) is 25.8 Å². The Kier molecular flexibility index (Phi) is 3.53. The minimum atomic E-state index is 0.0946. The number of carbonyl (C=O) groups excluding carboxylic acids is 1. The lowest BCUT2D eigenvalue weighted by atomic mass is 10.2. The highest BCUT2D eigenvalue weighted by Crippen LogP contribution is 2.18. The zero-order valence-corrected chi connectivity index (χ0v) is 7.89. The van der Waals surface area contributed by atoms with Crippen molar-refractivity contribution in [2.24, 2.45) is 0 Å². The summed E-state index contributed by atoms with van der Waals surface area (Å²) in [5, 5.41) is 6.35. The molecule has 1 aliphatic rings. The molecule has 3 heteroatoms. The van der Waals surface area contributed by atoms with Crippen LogP contribution in [-0.2, 0) is 4.79 Å². The standard InChI is InChI=1S/C9H18N2O/c1-3-10-8-4-5-9(6-8)11-7(2)12/h8-10H,3-6H2,1-2H3,(H,11,12)/t8-,9+/m0/s1. The van der Waals surface area contributed by atoms with E-state index in [4.69, 9.17) is 0 Å². The topological polar surface area (TPSA) is 41.1 Å². The van der Waals surface area contributed by atoms with Crippen molar-refractivity contribution in [2.45, 2.75) is 45.2 Å². The molecule has 0 saturated heterocycles. The Morgan fingerprint density at radius 1 is 1.42 bits per heavy atom. The van der Waals surface area contributed by atoms with E-state index in [-0.39, 0.29) is 5.91 Å². The molecule has 12 heavy (non-hydrogen) atoms. The number of nitrogens with one attached hydrogen (secondary N) is 2. The van der Waals surface area contributed by atoms with E-state index in [1.54, 1.807) is 6.92 Å². The van der Waals surface area contributed by atoms with Gasteiger partial charge in [0.05, 0.1) is 0 Å². The smallest absolute Gasteiger partial charge is 0.217 e. The number of amides is 1. The van der Waals surface area contributed by atoms with E-state index in [2.05, 4.69) is 17.6 Å². The molecule has 1 amide bonds. The van der Waals surface area contributed by atoms with Crippen molar-refractivity contribution < 1.29 is 4.79 Å². The summed E-state index contributed by atoms with van der Waals surface area (Å²) in [4.78, 5) is 10.7. The Hall–Kier alpha value is -0.570. The first-order valence-electron chi connectivity index (χ1n) is 4.73. The summed E-state index contributed by atoms with van der Waals surface area (Å²) in [6, 6.07) is 1.03. The van der Waals surface area contributed by atoms with E-state index in [9.17, 15) is 4.79 Å². The van der Waals surface area contributed by atoms with Gasteiger partial charge in [0.15, 0.2) is 0 Å². The van der Waals surface area contributed by atoms with Crippen molar-refractivity contribution in [3.8, 4) is 0 Å². The molecular formula is C9H18N2O. The van der Waals surface area contributed by atoms with Crippen LogP contribution in [0.15, 0.2) is 0 Å². The molecule has 1 saturated carbocycles. The van der Waals surface area contributed by atoms with Crippen molar-refractivity contribution in [3.05, 3.63) is 0 Å². The highest BCUT2D eigenvalue weighted by atomic mass is 16.1. The van der Waals surface area contributed by atoms with Crippen molar-refractivity contribution >= 4 is 5.91 Å². The molecule has 0 bridgehead atoms. The zero-order valence-electron chi connectivity index (χ0n) is 7.89. The molecule has 0 aromatic carbocycles. The Bertz CT molecular complexity index is 159. The van der Waals surface area contributed by atoms with Crippen LogP contribution in [0.4, 0.5) is 0 Å². The minimum absolute atomic E-state index is 0.0946. The average molecular weight is 170 g/mol. The van der Waals surface area contributed by atoms with Crippen molar-refractivity contribution in [1.29, 1.82) is 0 Å². The largest absolute Gasteiger partial charge is 0.354 e. The van der Waals surface area contributed by atoms with Gasteiger partial charge in [0.2, 0.25) is 5.91 Å². The molecule has 3 nitrogen and oxygen atoms in total. The van der Waals surface area contributed by atoms with Gasteiger partial charge >= 0.3 is 0 Å². The van der Waals surface area contributed by atoms with E-state index in [1.807, 2.05) is 0 Å². The van der Waals surface area contributed by atoms with Gasteiger partial charge in [-0.3, -0.25) is 4.79 Å². The first-order valence-corrected chi connectivity index (χ1v) is 4.73. The molecule has 70 valence electrons. The van der Waals surface area contributed by atoms with Crippen LogP contribution in [0.5, 0.6) is 0 Å². The maximum atomic E-state index is 10.7. The predicted molar refractivity (Wildman–Crippen MR) is 48.9 cm³/mol. The van der Waals surface area contributed by atoms with Crippen LogP contribution in [0, 0.1) is 0 Å². The van der Waals surface area contributed by atoms with Gasteiger partial charge in [0, 0.05) is 19.0 Å². The zero-order chi connectivity index (χ0) is 8.97. The van der Waals surface area contributed by atoms with E-state index in [0.717, 1.165) is 19.4 Å². The molecule has 0 spiro atoms. The lowest BCUT2D eigenvalue weighted by molar-refractivity contribution is -0.119. The van der Waals surface area contributed by atoms with Crippen LogP contribution in [0.1, 0.15) is 33.1 Å². The molecule has 0 aromatic heterocycles. The van der Waals surface area contributed by atoms with Crippen molar-refractivity contribution in [2.75, 3.05) is 6.54 Å². The summed E-state index contributed by atoms with van der Waals surface area (Å²) < 4.78 is 0. The summed E-state index contributed by atoms with van der Waals surface area (Å²) in [5.41, 5.74) is 0. The second-order valence-electron chi connectivity index (χ2n) is 3.47. The maximum Gasteiger partial charge on any atom is 0.217 e. The van der Waals surface area contributed by atoms with E-state index in [1.165, 1.54) is 6.42 Å². The molecule has 0 heterocycles. The van der Waals surface area contributed by atoms with E-state index >= 15 is 0 Å². The Morgan fingerprint density at radius 2 is 2.08 bits per heavy atom. The third-order valence-electron chi connectivity index (χ3n) is 2.33. The SMILES string of the molecule is CCN[C@H]1CC[C@@H](NC(C)=O)C1. The van der Waals surface area contributed by atoms with Crippen LogP contribution in [0.2, 0.25) is 0 Å². The number of rotatable bonds is 3. The highest BCUT2D eigenvalue weighted by molar-refractivity contribution is 5.73. The molecule has 1 fully saturated rings. The summed E-state index contributed by atoms with van der Waals surface area (Å²) in [6.07, 6.45) is 3.41. The minimum Gasteiger partial charge on any atom is -0.354 e. The molecule has 2 N–H and O–H groups in total. The number of hydrogen-bond donors (Lipinski definition) is 2. The number of carbonyl (C=O) groups is 1. The number of hydrogen-bond acceptors (Lipinski definition) is 2. The van der Waals surface area contributed by atoms with Crippen LogP contribution >= 0.6 is 0 Å². The summed E-state index contributed by atoms with van der Waals surface area (Å²) in [5.74, 6) is 0.0946. The molecule has 0 aromatic rings. The fraction of sp³-hybridized carbons (Fsp3) is 0.889. The van der Waals surface area contributed by atoms with Gasteiger partial charge in [-0.2, -0.15) is 0 Å². The molecule has 0 radical (unpaired) electrons. The fourth-order valence-electron chi connectivity index (χ4n) is 1.87. The molecular weight excluding hydrogens is 152 g/mol. The quantitative estimate of drug-likeness (QED) is 0.653. The van der Waals surface area contributed by atoms with Gasteiger partial charge < -0.3 is 10.6 Å². The van der Waals surface area contributed by atoms with E-state index < -0.39 is 0 Å². The lowest BCUT2D eigenvalue weighted by Gasteiger charge is -2.12. The Labute approximate surface area is 73.9 Å². The average Bonchev–Trinajstić information content (AvgIpc) is 2.36. The third-order valence-corrected chi connectivity index (χ3v) is 2.33. The lowest BCUT2D eigenvalue weighted by Crippen LogP contribution is -2.33. The van der Waals surface area contributed by atoms with Gasteiger partial charge in [0.1, 0.15) is 0 Å². The summed E-state index contributed by atoms with van der Waals surface area (Å²) in [6.45, 7) is 4.73. The van der Waals surface area contributed by atoms with Crippen LogP contribution in [0.3, 0.4) is 0 Å². The second kappa shape index (κ2) is 4.45. The van der Waals surface area contributed by atoms with Gasteiger partial charge in [-0.15, -0.1) is 0 Å². The molecule has 0 unspecified atom stereocenters. The molecule has 2 atom stereocenters. The first kappa shape index (κ1) is 9.52. The second-order valence-corrected chi connectivity index (χ2v) is 3.47.